The molecule has 0 radical (unpaired) electrons. The molecule has 0 heterocycles. The van der Waals surface area contributed by atoms with E-state index in [9.17, 15) is 14.3 Å². The molecule has 1 unspecified atom stereocenters. The van der Waals surface area contributed by atoms with E-state index in [2.05, 4.69) is 0 Å². The van der Waals surface area contributed by atoms with Gasteiger partial charge in [-0.1, -0.05) is 41.9 Å². The zero-order valence-corrected chi connectivity index (χ0v) is 11.5. The summed E-state index contributed by atoms with van der Waals surface area (Å²) in [5, 5.41) is 9.71. The first kappa shape index (κ1) is 14.5. The van der Waals surface area contributed by atoms with Gasteiger partial charge in [-0.3, -0.25) is 4.79 Å². The van der Waals surface area contributed by atoms with E-state index in [1.54, 1.807) is 0 Å². The third kappa shape index (κ3) is 3.81. The first-order chi connectivity index (χ1) is 9.56. The predicted octanol–water partition coefficient (Wildman–Crippen LogP) is 3.97. The van der Waals surface area contributed by atoms with E-state index in [0.717, 1.165) is 5.56 Å². The lowest BCUT2D eigenvalue weighted by Gasteiger charge is -2.13. The van der Waals surface area contributed by atoms with Gasteiger partial charge in [0.15, 0.2) is 0 Å². The van der Waals surface area contributed by atoms with E-state index < -0.39 is 17.7 Å². The van der Waals surface area contributed by atoms with Crippen molar-refractivity contribution in [2.24, 2.45) is 5.92 Å². The highest BCUT2D eigenvalue weighted by Crippen LogP contribution is 2.22. The Bertz CT molecular complexity index is 599. The van der Waals surface area contributed by atoms with Crippen LogP contribution in [0.15, 0.2) is 48.5 Å². The number of aliphatic carboxylic acids is 1. The Kier molecular flexibility index (Phi) is 4.74. The van der Waals surface area contributed by atoms with Crippen LogP contribution in [-0.4, -0.2) is 11.1 Å². The number of hydrogen-bond acceptors (Lipinski definition) is 1. The molecular formula is C16H14ClFO2. The molecule has 0 aliphatic rings. The molecule has 4 heteroatoms. The van der Waals surface area contributed by atoms with Gasteiger partial charge in [-0.05, 0) is 42.2 Å². The van der Waals surface area contributed by atoms with Crippen molar-refractivity contribution < 1.29 is 14.3 Å². The molecular weight excluding hydrogens is 279 g/mol. The first-order valence-electron chi connectivity index (χ1n) is 6.27. The third-order valence-corrected chi connectivity index (χ3v) is 3.52. The minimum atomic E-state index is -0.908. The molecule has 0 saturated carbocycles. The topological polar surface area (TPSA) is 37.3 Å². The second-order valence-corrected chi connectivity index (χ2v) is 5.07. The van der Waals surface area contributed by atoms with E-state index in [0.29, 0.717) is 17.0 Å². The highest BCUT2D eigenvalue weighted by molar-refractivity contribution is 6.31. The Morgan fingerprint density at radius 3 is 2.50 bits per heavy atom. The Hall–Kier alpha value is -1.87. The summed E-state index contributed by atoms with van der Waals surface area (Å²) in [5.41, 5.74) is 1.46. The SMILES string of the molecule is O=C(O)C(Cc1ccccc1)Cc1cc(F)ccc1Cl. The summed E-state index contributed by atoms with van der Waals surface area (Å²) in [6, 6.07) is 13.4. The van der Waals surface area contributed by atoms with Gasteiger partial charge in [0, 0.05) is 5.02 Å². The second kappa shape index (κ2) is 6.53. The van der Waals surface area contributed by atoms with Crippen LogP contribution >= 0.6 is 11.6 Å². The van der Waals surface area contributed by atoms with Gasteiger partial charge < -0.3 is 5.11 Å². The van der Waals surface area contributed by atoms with Crippen LogP contribution in [0.4, 0.5) is 4.39 Å². The van der Waals surface area contributed by atoms with Crippen molar-refractivity contribution in [2.75, 3.05) is 0 Å². The van der Waals surface area contributed by atoms with Gasteiger partial charge in [0.05, 0.1) is 5.92 Å². The minimum Gasteiger partial charge on any atom is -0.481 e. The van der Waals surface area contributed by atoms with Crippen LogP contribution in [0.3, 0.4) is 0 Å². The fraction of sp³-hybridized carbons (Fsp3) is 0.188. The summed E-state index contributed by atoms with van der Waals surface area (Å²) in [6.45, 7) is 0. The Labute approximate surface area is 121 Å². The fourth-order valence-corrected chi connectivity index (χ4v) is 2.31. The first-order valence-corrected chi connectivity index (χ1v) is 6.64. The lowest BCUT2D eigenvalue weighted by atomic mass is 9.92. The number of rotatable bonds is 5. The number of carboxylic acid groups (broad SMARTS) is 1. The molecule has 0 aliphatic carbocycles. The van der Waals surface area contributed by atoms with E-state index in [1.165, 1.54) is 18.2 Å². The molecule has 0 fully saturated rings. The molecule has 0 saturated heterocycles. The largest absolute Gasteiger partial charge is 0.481 e. The molecule has 2 aromatic carbocycles. The monoisotopic (exact) mass is 292 g/mol. The predicted molar refractivity (Wildman–Crippen MR) is 76.4 cm³/mol. The van der Waals surface area contributed by atoms with E-state index >= 15 is 0 Å². The number of benzene rings is 2. The number of hydrogen-bond donors (Lipinski definition) is 1. The van der Waals surface area contributed by atoms with Gasteiger partial charge in [-0.2, -0.15) is 0 Å². The molecule has 2 nitrogen and oxygen atoms in total. The van der Waals surface area contributed by atoms with Gasteiger partial charge in [-0.25, -0.2) is 4.39 Å². The maximum absolute atomic E-state index is 13.2. The van der Waals surface area contributed by atoms with Crippen molar-refractivity contribution in [1.29, 1.82) is 0 Å². The van der Waals surface area contributed by atoms with Crippen molar-refractivity contribution in [1.82, 2.24) is 0 Å². The summed E-state index contributed by atoms with van der Waals surface area (Å²) in [4.78, 5) is 11.4. The Morgan fingerprint density at radius 2 is 1.85 bits per heavy atom. The lowest BCUT2D eigenvalue weighted by molar-refractivity contribution is -0.141. The Morgan fingerprint density at radius 1 is 1.15 bits per heavy atom. The molecule has 0 aromatic heterocycles. The molecule has 1 atom stereocenters. The molecule has 104 valence electrons. The van der Waals surface area contributed by atoms with Crippen LogP contribution in [-0.2, 0) is 17.6 Å². The summed E-state index contributed by atoms with van der Waals surface area (Å²) >= 11 is 5.99. The van der Waals surface area contributed by atoms with Crippen LogP contribution in [0, 0.1) is 11.7 Å². The molecule has 0 aliphatic heterocycles. The van der Waals surface area contributed by atoms with Crippen LogP contribution in [0.5, 0.6) is 0 Å². The third-order valence-electron chi connectivity index (χ3n) is 3.15. The van der Waals surface area contributed by atoms with Crippen molar-refractivity contribution in [3.8, 4) is 0 Å². The summed E-state index contributed by atoms with van der Waals surface area (Å²) in [5.74, 6) is -1.95. The summed E-state index contributed by atoms with van der Waals surface area (Å²) < 4.78 is 13.2. The molecule has 0 spiro atoms. The van der Waals surface area contributed by atoms with Crippen LogP contribution in [0.1, 0.15) is 11.1 Å². The molecule has 2 rings (SSSR count). The molecule has 0 amide bonds. The van der Waals surface area contributed by atoms with Crippen LogP contribution in [0.2, 0.25) is 5.02 Å². The van der Waals surface area contributed by atoms with E-state index in [4.69, 9.17) is 11.6 Å². The molecule has 2 aromatic rings. The molecule has 1 N–H and O–H groups in total. The minimum absolute atomic E-state index is 0.209. The number of carbonyl (C=O) groups is 1. The molecule has 20 heavy (non-hydrogen) atoms. The van der Waals surface area contributed by atoms with E-state index in [1.807, 2.05) is 30.3 Å². The molecule has 0 bridgehead atoms. The maximum Gasteiger partial charge on any atom is 0.307 e. The highest BCUT2D eigenvalue weighted by atomic mass is 35.5. The zero-order valence-electron chi connectivity index (χ0n) is 10.7. The van der Waals surface area contributed by atoms with Crippen molar-refractivity contribution >= 4 is 17.6 Å². The maximum atomic E-state index is 13.2. The smallest absolute Gasteiger partial charge is 0.307 e. The lowest BCUT2D eigenvalue weighted by Crippen LogP contribution is -2.19. The Balaban J connectivity index is 2.18. The average molecular weight is 293 g/mol. The zero-order chi connectivity index (χ0) is 14.5. The normalized spacial score (nSPS) is 12.1. The summed E-state index contributed by atoms with van der Waals surface area (Å²) in [6.07, 6.45) is 0.601. The van der Waals surface area contributed by atoms with Crippen molar-refractivity contribution in [3.63, 3.8) is 0 Å². The van der Waals surface area contributed by atoms with Crippen LogP contribution in [0.25, 0.3) is 0 Å². The average Bonchev–Trinajstić information content (AvgIpc) is 2.43. The summed E-state index contributed by atoms with van der Waals surface area (Å²) in [7, 11) is 0. The number of halogens is 2. The van der Waals surface area contributed by atoms with Crippen molar-refractivity contribution in [2.45, 2.75) is 12.8 Å². The van der Waals surface area contributed by atoms with Gasteiger partial charge in [0.2, 0.25) is 0 Å². The van der Waals surface area contributed by atoms with E-state index in [-0.39, 0.29) is 6.42 Å². The standard InChI is InChI=1S/C16H14ClFO2/c17-15-7-6-14(18)10-12(15)9-13(16(19)20)8-11-4-2-1-3-5-11/h1-7,10,13H,8-9H2,(H,19,20). The van der Waals surface area contributed by atoms with Gasteiger partial charge in [0.25, 0.3) is 0 Å². The van der Waals surface area contributed by atoms with Gasteiger partial charge in [-0.15, -0.1) is 0 Å². The highest BCUT2D eigenvalue weighted by Gasteiger charge is 2.20. The van der Waals surface area contributed by atoms with Crippen molar-refractivity contribution in [3.05, 3.63) is 70.5 Å². The van der Waals surface area contributed by atoms with Gasteiger partial charge >= 0.3 is 5.97 Å². The second-order valence-electron chi connectivity index (χ2n) is 4.66. The fourth-order valence-electron chi connectivity index (χ4n) is 2.11. The van der Waals surface area contributed by atoms with Crippen LogP contribution < -0.4 is 0 Å². The quantitative estimate of drug-likeness (QED) is 0.905. The van der Waals surface area contributed by atoms with Gasteiger partial charge in [0.1, 0.15) is 5.82 Å². The number of carboxylic acids is 1.